The number of nitrogens with one attached hydrogen (secondary N) is 1. The largest absolute Gasteiger partial charge is 0.364 e. The van der Waals surface area contributed by atoms with Crippen molar-refractivity contribution in [2.24, 2.45) is 0 Å². The van der Waals surface area contributed by atoms with Gasteiger partial charge in [-0.2, -0.15) is 0 Å². The second-order valence-electron chi connectivity index (χ2n) is 8.33. The van der Waals surface area contributed by atoms with Crippen LogP contribution in [0.1, 0.15) is 61.0 Å². The second kappa shape index (κ2) is 8.22. The van der Waals surface area contributed by atoms with Crippen LogP contribution in [-0.4, -0.2) is 36.2 Å². The Kier molecular flexibility index (Phi) is 5.44. The first-order valence-electron chi connectivity index (χ1n) is 11.0. The Bertz CT molecular complexity index is 998. The summed E-state index contributed by atoms with van der Waals surface area (Å²) in [5.74, 6) is -0.282. The van der Waals surface area contributed by atoms with Crippen molar-refractivity contribution in [3.8, 4) is 0 Å². The third-order valence-electron chi connectivity index (χ3n) is 6.45. The predicted octanol–water partition coefficient (Wildman–Crippen LogP) is 5.28. The highest BCUT2D eigenvalue weighted by molar-refractivity contribution is 7.99. The first-order valence-corrected chi connectivity index (χ1v) is 11.8. The Morgan fingerprint density at radius 2 is 1.73 bits per heavy atom. The third-order valence-corrected chi connectivity index (χ3v) is 7.59. The summed E-state index contributed by atoms with van der Waals surface area (Å²) in [6.45, 7) is 5.34. The highest BCUT2D eigenvalue weighted by Crippen LogP contribution is 2.49. The zero-order valence-corrected chi connectivity index (χ0v) is 18.4. The minimum absolute atomic E-state index is 0.282. The molecule has 0 spiro atoms. The van der Waals surface area contributed by atoms with Gasteiger partial charge in [0.1, 0.15) is 0 Å². The number of fused-ring (bicyclic) bond motifs is 4. The van der Waals surface area contributed by atoms with E-state index in [2.05, 4.69) is 35.6 Å². The summed E-state index contributed by atoms with van der Waals surface area (Å²) in [4.78, 5) is 20.6. The number of rotatable bonds is 4. The molecular formula is C25H28N2O2S. The van der Waals surface area contributed by atoms with Gasteiger partial charge in [-0.05, 0) is 74.4 Å². The number of nitrogens with zero attached hydrogens (tertiary/aromatic N) is 1. The second-order valence-corrected chi connectivity index (χ2v) is 9.41. The fourth-order valence-corrected chi connectivity index (χ4v) is 6.11. The Labute approximate surface area is 182 Å². The van der Waals surface area contributed by atoms with E-state index in [0.717, 1.165) is 17.7 Å². The van der Waals surface area contributed by atoms with Crippen LogP contribution >= 0.6 is 11.8 Å². The van der Waals surface area contributed by atoms with Crippen LogP contribution in [0.4, 0.5) is 0 Å². The first kappa shape index (κ1) is 19.9. The van der Waals surface area contributed by atoms with E-state index in [-0.39, 0.29) is 5.97 Å². The van der Waals surface area contributed by atoms with E-state index in [9.17, 15) is 4.79 Å². The Morgan fingerprint density at radius 3 is 2.47 bits per heavy atom. The van der Waals surface area contributed by atoms with E-state index in [0.29, 0.717) is 30.7 Å². The predicted molar refractivity (Wildman–Crippen MR) is 121 cm³/mol. The summed E-state index contributed by atoms with van der Waals surface area (Å²) in [5.41, 5.74) is 6.16. The van der Waals surface area contributed by atoms with Crippen LogP contribution in [0, 0.1) is 0 Å². The molecule has 4 nitrogen and oxygen atoms in total. The zero-order chi connectivity index (χ0) is 20.7. The van der Waals surface area contributed by atoms with Gasteiger partial charge in [0.15, 0.2) is 0 Å². The highest BCUT2D eigenvalue weighted by Gasteiger charge is 2.34. The molecule has 3 aliphatic rings. The maximum atomic E-state index is 12.7. The van der Waals surface area contributed by atoms with Gasteiger partial charge < -0.3 is 10.2 Å². The summed E-state index contributed by atoms with van der Waals surface area (Å²) in [7, 11) is 0. The minimum Gasteiger partial charge on any atom is -0.364 e. The van der Waals surface area contributed by atoms with Crippen molar-refractivity contribution in [2.75, 3.05) is 13.1 Å². The molecule has 0 aliphatic carbocycles. The molecule has 156 valence electrons. The molecule has 0 saturated carbocycles. The van der Waals surface area contributed by atoms with E-state index >= 15 is 0 Å². The molecule has 2 saturated heterocycles. The molecule has 3 heterocycles. The molecular weight excluding hydrogens is 392 g/mol. The molecule has 0 aromatic heterocycles. The average Bonchev–Trinajstić information content (AvgIpc) is 3.12. The van der Waals surface area contributed by atoms with Crippen molar-refractivity contribution in [2.45, 2.75) is 61.4 Å². The fourth-order valence-electron chi connectivity index (χ4n) is 4.98. The van der Waals surface area contributed by atoms with Crippen molar-refractivity contribution in [3.05, 3.63) is 64.7 Å². The number of piperidine rings is 1. The van der Waals surface area contributed by atoms with Crippen molar-refractivity contribution in [3.63, 3.8) is 0 Å². The number of carbonyl (C=O) groups excluding carboxylic acids is 1. The van der Waals surface area contributed by atoms with Gasteiger partial charge in [-0.3, -0.25) is 0 Å². The minimum atomic E-state index is -0.282. The van der Waals surface area contributed by atoms with Crippen molar-refractivity contribution < 1.29 is 9.63 Å². The van der Waals surface area contributed by atoms with Gasteiger partial charge in [-0.15, -0.1) is 5.06 Å². The number of hydrogen-bond donors (Lipinski definition) is 1. The molecule has 2 atom stereocenters. The summed E-state index contributed by atoms with van der Waals surface area (Å²) >= 11 is 1.76. The Hall–Kier alpha value is -2.08. The van der Waals surface area contributed by atoms with Crippen LogP contribution in [0.3, 0.4) is 0 Å². The molecule has 5 heteroatoms. The lowest BCUT2D eigenvalue weighted by atomic mass is 9.86. The Balaban J connectivity index is 1.56. The van der Waals surface area contributed by atoms with E-state index in [1.54, 1.807) is 22.4 Å². The monoisotopic (exact) mass is 420 g/mol. The molecule has 3 aliphatic heterocycles. The highest BCUT2D eigenvalue weighted by atomic mass is 32.2. The molecule has 2 fully saturated rings. The lowest BCUT2D eigenvalue weighted by molar-refractivity contribution is -0.103. The van der Waals surface area contributed by atoms with Gasteiger partial charge in [0, 0.05) is 35.0 Å². The van der Waals surface area contributed by atoms with Crippen LogP contribution in [0.25, 0.3) is 5.57 Å². The molecule has 2 unspecified atom stereocenters. The summed E-state index contributed by atoms with van der Waals surface area (Å²) in [6, 6.07) is 16.0. The van der Waals surface area contributed by atoms with Crippen LogP contribution in [0.5, 0.6) is 0 Å². The Morgan fingerprint density at radius 1 is 1.03 bits per heavy atom. The standard InChI is InChI=1S/C25H28N2O2S/c1-3-27(4-2)29-25(28)16-9-12-21-23(15-16)30-22-8-6-5-7-20(22)24(21)17-13-18-10-11-19(14-17)26-18/h5-9,12,15,18-19,26H,3-4,10-11,13-14H2,1-2H3. The maximum Gasteiger partial charge on any atom is 0.357 e. The molecule has 0 amide bonds. The number of benzene rings is 2. The van der Waals surface area contributed by atoms with Gasteiger partial charge in [-0.1, -0.05) is 41.6 Å². The van der Waals surface area contributed by atoms with E-state index in [4.69, 9.17) is 4.84 Å². The van der Waals surface area contributed by atoms with E-state index in [1.165, 1.54) is 34.4 Å². The van der Waals surface area contributed by atoms with E-state index < -0.39 is 0 Å². The summed E-state index contributed by atoms with van der Waals surface area (Å²) in [6.07, 6.45) is 4.80. The molecule has 2 aromatic rings. The average molecular weight is 421 g/mol. The molecule has 0 radical (unpaired) electrons. The van der Waals surface area contributed by atoms with Gasteiger partial charge >= 0.3 is 5.97 Å². The third kappa shape index (κ3) is 3.59. The summed E-state index contributed by atoms with van der Waals surface area (Å²) in [5, 5.41) is 5.44. The molecule has 30 heavy (non-hydrogen) atoms. The molecule has 2 aromatic carbocycles. The van der Waals surface area contributed by atoms with E-state index in [1.807, 2.05) is 26.0 Å². The zero-order valence-electron chi connectivity index (χ0n) is 17.6. The smallest absolute Gasteiger partial charge is 0.357 e. The normalized spacial score (nSPS) is 22.1. The lowest BCUT2D eigenvalue weighted by Gasteiger charge is -2.30. The van der Waals surface area contributed by atoms with Crippen LogP contribution in [-0.2, 0) is 4.84 Å². The number of carbonyl (C=O) groups is 1. The van der Waals surface area contributed by atoms with Crippen LogP contribution in [0.15, 0.2) is 57.8 Å². The number of hydrogen-bond acceptors (Lipinski definition) is 5. The lowest BCUT2D eigenvalue weighted by Crippen LogP contribution is -2.35. The summed E-state index contributed by atoms with van der Waals surface area (Å²) < 4.78 is 0. The SMILES string of the molecule is CCN(CC)OC(=O)c1ccc2c(c1)Sc1ccccc1C2=C1CC2CCC(C1)N2. The number of hydroxylamine groups is 2. The van der Waals surface area contributed by atoms with Gasteiger partial charge in [0.2, 0.25) is 0 Å². The van der Waals surface area contributed by atoms with Crippen LogP contribution < -0.4 is 5.32 Å². The van der Waals surface area contributed by atoms with Gasteiger partial charge in [0.25, 0.3) is 0 Å². The van der Waals surface area contributed by atoms with Gasteiger partial charge in [0.05, 0.1) is 5.56 Å². The first-order chi connectivity index (χ1) is 14.7. The molecule has 2 bridgehead atoms. The fraction of sp³-hybridized carbons (Fsp3) is 0.400. The van der Waals surface area contributed by atoms with Crippen molar-refractivity contribution >= 4 is 23.3 Å². The molecule has 1 N–H and O–H groups in total. The van der Waals surface area contributed by atoms with Crippen molar-refractivity contribution in [1.82, 2.24) is 10.4 Å². The maximum absolute atomic E-state index is 12.7. The quantitative estimate of drug-likeness (QED) is 0.582. The van der Waals surface area contributed by atoms with Crippen LogP contribution in [0.2, 0.25) is 0 Å². The van der Waals surface area contributed by atoms with Gasteiger partial charge in [-0.25, -0.2) is 4.79 Å². The molecule has 5 rings (SSSR count). The topological polar surface area (TPSA) is 41.6 Å². The van der Waals surface area contributed by atoms with Crippen molar-refractivity contribution in [1.29, 1.82) is 0 Å².